The molecule has 0 radical (unpaired) electrons. The molecule has 1 saturated carbocycles. The van der Waals surface area contributed by atoms with Gasteiger partial charge in [-0.25, -0.2) is 0 Å². The number of benzene rings is 1. The number of carbonyl (C=O) groups excluding carboxylic acids is 1. The Morgan fingerprint density at radius 2 is 1.96 bits per heavy atom. The van der Waals surface area contributed by atoms with Crippen molar-refractivity contribution < 1.29 is 4.79 Å². The monoisotopic (exact) mass is 372 g/mol. The largest absolute Gasteiger partial charge is 0.356 e. The van der Waals surface area contributed by atoms with Crippen LogP contribution in [0, 0.1) is 6.92 Å². The first kappa shape index (κ1) is 19.0. The maximum Gasteiger partial charge on any atom is 0.224 e. The van der Waals surface area contributed by atoms with Crippen LogP contribution in [0.4, 0.5) is 0 Å². The molecule has 1 aromatic heterocycles. The summed E-state index contributed by atoms with van der Waals surface area (Å²) in [4.78, 5) is 12.1. The molecule has 0 unspecified atom stereocenters. The average molecular weight is 373 g/mol. The molecule has 5 nitrogen and oxygen atoms in total. The SMILES string of the molecule is CSc1nnc(CCCNC(=O)Cc2ccc(C)cc2)n1C1CCCC1. The Bertz CT molecular complexity index is 720. The molecule has 1 amide bonds. The predicted octanol–water partition coefficient (Wildman–Crippen LogP) is 3.72. The van der Waals surface area contributed by atoms with Gasteiger partial charge in [0.05, 0.1) is 6.42 Å². The van der Waals surface area contributed by atoms with E-state index in [9.17, 15) is 4.79 Å². The molecular weight excluding hydrogens is 344 g/mol. The van der Waals surface area contributed by atoms with Gasteiger partial charge in [-0.2, -0.15) is 0 Å². The van der Waals surface area contributed by atoms with Gasteiger partial charge in [-0.05, 0) is 38.0 Å². The number of rotatable bonds is 8. The van der Waals surface area contributed by atoms with Gasteiger partial charge in [0.1, 0.15) is 5.82 Å². The van der Waals surface area contributed by atoms with Crippen molar-refractivity contribution >= 4 is 17.7 Å². The van der Waals surface area contributed by atoms with Crippen molar-refractivity contribution in [3.8, 4) is 0 Å². The number of aryl methyl sites for hydroxylation is 2. The smallest absolute Gasteiger partial charge is 0.224 e. The number of thioether (sulfide) groups is 1. The zero-order valence-corrected chi connectivity index (χ0v) is 16.5. The number of hydrogen-bond donors (Lipinski definition) is 1. The van der Waals surface area contributed by atoms with Crippen LogP contribution in [-0.2, 0) is 17.6 Å². The normalized spacial score (nSPS) is 14.7. The molecule has 0 spiro atoms. The lowest BCUT2D eigenvalue weighted by molar-refractivity contribution is -0.120. The Labute approximate surface area is 160 Å². The number of amides is 1. The third kappa shape index (κ3) is 4.87. The first-order valence-electron chi connectivity index (χ1n) is 9.47. The highest BCUT2D eigenvalue weighted by molar-refractivity contribution is 7.98. The number of hydrogen-bond acceptors (Lipinski definition) is 4. The Balaban J connectivity index is 1.47. The van der Waals surface area contributed by atoms with Crippen molar-refractivity contribution in [3.63, 3.8) is 0 Å². The lowest BCUT2D eigenvalue weighted by Gasteiger charge is -2.16. The van der Waals surface area contributed by atoms with Crippen molar-refractivity contribution in [2.24, 2.45) is 0 Å². The van der Waals surface area contributed by atoms with E-state index in [4.69, 9.17) is 0 Å². The van der Waals surface area contributed by atoms with Crippen molar-refractivity contribution in [2.45, 2.75) is 63.1 Å². The summed E-state index contributed by atoms with van der Waals surface area (Å²) in [5.74, 6) is 1.14. The molecule has 2 aromatic rings. The number of aromatic nitrogens is 3. The maximum atomic E-state index is 12.1. The summed E-state index contributed by atoms with van der Waals surface area (Å²) in [6.07, 6.45) is 9.29. The minimum atomic E-state index is 0.0796. The number of carbonyl (C=O) groups is 1. The first-order valence-corrected chi connectivity index (χ1v) is 10.7. The Hall–Kier alpha value is -1.82. The molecular formula is C20H28N4OS. The summed E-state index contributed by atoms with van der Waals surface area (Å²) in [5.41, 5.74) is 2.27. The standard InChI is InChI=1S/C20H28N4OS/c1-15-9-11-16(12-10-15)14-19(25)21-13-5-8-18-22-23-20(26-2)24(18)17-6-3-4-7-17/h9-12,17H,3-8,13-14H2,1-2H3,(H,21,25). The fourth-order valence-corrected chi connectivity index (χ4v) is 4.15. The summed E-state index contributed by atoms with van der Waals surface area (Å²) in [6, 6.07) is 8.67. The molecule has 26 heavy (non-hydrogen) atoms. The molecule has 1 aromatic carbocycles. The second kappa shape index (κ2) is 9.21. The van der Waals surface area contributed by atoms with Gasteiger partial charge in [-0.15, -0.1) is 10.2 Å². The van der Waals surface area contributed by atoms with Crippen molar-refractivity contribution in [2.75, 3.05) is 12.8 Å². The molecule has 1 heterocycles. The van der Waals surface area contributed by atoms with Gasteiger partial charge in [-0.3, -0.25) is 4.79 Å². The second-order valence-electron chi connectivity index (χ2n) is 7.03. The highest BCUT2D eigenvalue weighted by Gasteiger charge is 2.23. The zero-order chi connectivity index (χ0) is 18.4. The maximum absolute atomic E-state index is 12.1. The highest BCUT2D eigenvalue weighted by atomic mass is 32.2. The predicted molar refractivity (Wildman–Crippen MR) is 106 cm³/mol. The molecule has 0 aliphatic heterocycles. The highest BCUT2D eigenvalue weighted by Crippen LogP contribution is 2.33. The van der Waals surface area contributed by atoms with E-state index in [1.54, 1.807) is 11.8 Å². The van der Waals surface area contributed by atoms with Crippen LogP contribution in [0.15, 0.2) is 29.4 Å². The van der Waals surface area contributed by atoms with E-state index in [0.29, 0.717) is 19.0 Å². The van der Waals surface area contributed by atoms with Crippen molar-refractivity contribution in [3.05, 3.63) is 41.2 Å². The molecule has 1 aliphatic carbocycles. The molecule has 1 fully saturated rings. The van der Waals surface area contributed by atoms with E-state index in [1.165, 1.54) is 31.2 Å². The van der Waals surface area contributed by atoms with Crippen LogP contribution in [0.1, 0.15) is 55.1 Å². The molecule has 0 saturated heterocycles. The van der Waals surface area contributed by atoms with Crippen LogP contribution in [0.2, 0.25) is 0 Å². The van der Waals surface area contributed by atoms with Crippen LogP contribution in [0.25, 0.3) is 0 Å². The average Bonchev–Trinajstić information content (AvgIpc) is 3.29. The Morgan fingerprint density at radius 3 is 2.65 bits per heavy atom. The quantitative estimate of drug-likeness (QED) is 0.567. The molecule has 0 atom stereocenters. The second-order valence-corrected chi connectivity index (χ2v) is 7.80. The van der Waals surface area contributed by atoms with Gasteiger partial charge in [0, 0.05) is 19.0 Å². The van der Waals surface area contributed by atoms with Crippen LogP contribution in [-0.4, -0.2) is 33.5 Å². The number of nitrogens with zero attached hydrogens (tertiary/aromatic N) is 3. The summed E-state index contributed by atoms with van der Waals surface area (Å²) in [6.45, 7) is 2.73. The minimum absolute atomic E-state index is 0.0796. The summed E-state index contributed by atoms with van der Waals surface area (Å²) in [7, 11) is 0. The van der Waals surface area contributed by atoms with E-state index >= 15 is 0 Å². The fraction of sp³-hybridized carbons (Fsp3) is 0.550. The van der Waals surface area contributed by atoms with E-state index in [0.717, 1.165) is 29.4 Å². The van der Waals surface area contributed by atoms with Crippen LogP contribution in [0.5, 0.6) is 0 Å². The molecule has 140 valence electrons. The lowest BCUT2D eigenvalue weighted by atomic mass is 10.1. The third-order valence-corrected chi connectivity index (χ3v) is 5.64. The first-order chi connectivity index (χ1) is 12.7. The molecule has 6 heteroatoms. The molecule has 3 rings (SSSR count). The number of nitrogens with one attached hydrogen (secondary N) is 1. The fourth-order valence-electron chi connectivity index (χ4n) is 3.57. The topological polar surface area (TPSA) is 59.8 Å². The summed E-state index contributed by atoms with van der Waals surface area (Å²) < 4.78 is 2.34. The molecule has 1 aliphatic rings. The summed E-state index contributed by atoms with van der Waals surface area (Å²) >= 11 is 1.67. The van der Waals surface area contributed by atoms with Gasteiger partial charge in [0.2, 0.25) is 5.91 Å². The van der Waals surface area contributed by atoms with Crippen molar-refractivity contribution in [1.82, 2.24) is 20.1 Å². The third-order valence-electron chi connectivity index (χ3n) is 4.99. The van der Waals surface area contributed by atoms with Gasteiger partial charge in [-0.1, -0.05) is 54.4 Å². The van der Waals surface area contributed by atoms with E-state index in [-0.39, 0.29) is 5.91 Å². The van der Waals surface area contributed by atoms with Gasteiger partial charge in [0.25, 0.3) is 0 Å². The van der Waals surface area contributed by atoms with Gasteiger partial charge >= 0.3 is 0 Å². The van der Waals surface area contributed by atoms with Crippen LogP contribution in [0.3, 0.4) is 0 Å². The molecule has 1 N–H and O–H groups in total. The zero-order valence-electron chi connectivity index (χ0n) is 15.7. The molecule has 0 bridgehead atoms. The Morgan fingerprint density at radius 1 is 1.23 bits per heavy atom. The van der Waals surface area contributed by atoms with Crippen LogP contribution >= 0.6 is 11.8 Å². The van der Waals surface area contributed by atoms with E-state index in [2.05, 4.69) is 33.3 Å². The van der Waals surface area contributed by atoms with Crippen molar-refractivity contribution in [1.29, 1.82) is 0 Å². The summed E-state index contributed by atoms with van der Waals surface area (Å²) in [5, 5.41) is 12.8. The van der Waals surface area contributed by atoms with Crippen LogP contribution < -0.4 is 5.32 Å². The van der Waals surface area contributed by atoms with Gasteiger partial charge in [0.15, 0.2) is 5.16 Å². The van der Waals surface area contributed by atoms with E-state index < -0.39 is 0 Å². The lowest BCUT2D eigenvalue weighted by Crippen LogP contribution is -2.26. The Kier molecular flexibility index (Phi) is 6.72. The van der Waals surface area contributed by atoms with Gasteiger partial charge < -0.3 is 9.88 Å². The van der Waals surface area contributed by atoms with E-state index in [1.807, 2.05) is 24.3 Å². The minimum Gasteiger partial charge on any atom is -0.356 e.